The van der Waals surface area contributed by atoms with Crippen molar-refractivity contribution in [3.63, 3.8) is 0 Å². The number of nitrogens with one attached hydrogen (secondary N) is 1. The van der Waals surface area contributed by atoms with E-state index in [9.17, 15) is 9.59 Å². The Morgan fingerprint density at radius 1 is 1.56 bits per heavy atom. The van der Waals surface area contributed by atoms with Gasteiger partial charge in [-0.2, -0.15) is 0 Å². The number of carbonyl (C=O) groups excluding carboxylic acids is 1. The summed E-state index contributed by atoms with van der Waals surface area (Å²) in [5.41, 5.74) is 0. The number of aliphatic hydroxyl groups is 1. The van der Waals surface area contributed by atoms with Gasteiger partial charge in [0, 0.05) is 26.1 Å². The quantitative estimate of drug-likeness (QED) is 0.627. The first-order valence-corrected chi connectivity index (χ1v) is 5.44. The monoisotopic (exact) mass is 230 g/mol. The molecule has 0 aliphatic carbocycles. The van der Waals surface area contributed by atoms with Gasteiger partial charge in [0.25, 0.3) is 0 Å². The van der Waals surface area contributed by atoms with Crippen LogP contribution in [0.2, 0.25) is 0 Å². The number of carboxylic acids is 1. The van der Waals surface area contributed by atoms with Crippen molar-refractivity contribution >= 4 is 12.0 Å². The molecule has 16 heavy (non-hydrogen) atoms. The van der Waals surface area contributed by atoms with E-state index in [4.69, 9.17) is 10.2 Å². The molecule has 6 nitrogen and oxygen atoms in total. The van der Waals surface area contributed by atoms with E-state index in [-0.39, 0.29) is 19.0 Å². The molecule has 0 bridgehead atoms. The summed E-state index contributed by atoms with van der Waals surface area (Å²) < 4.78 is 0. The van der Waals surface area contributed by atoms with Crippen LogP contribution in [-0.4, -0.2) is 52.9 Å². The van der Waals surface area contributed by atoms with Crippen LogP contribution in [0.5, 0.6) is 0 Å². The lowest BCUT2D eigenvalue weighted by molar-refractivity contribution is -0.146. The van der Waals surface area contributed by atoms with E-state index < -0.39 is 12.1 Å². The molecule has 2 atom stereocenters. The van der Waals surface area contributed by atoms with Crippen molar-refractivity contribution in [3.05, 3.63) is 0 Å². The van der Waals surface area contributed by atoms with Crippen molar-refractivity contribution in [3.8, 4) is 0 Å². The molecule has 2 amide bonds. The highest BCUT2D eigenvalue weighted by atomic mass is 16.4. The lowest BCUT2D eigenvalue weighted by Crippen LogP contribution is -2.40. The molecule has 1 rings (SSSR count). The first-order chi connectivity index (χ1) is 7.50. The first kappa shape index (κ1) is 12.8. The minimum absolute atomic E-state index is 0.0322. The molecule has 1 unspecified atom stereocenters. The molecule has 1 heterocycles. The van der Waals surface area contributed by atoms with Crippen LogP contribution < -0.4 is 5.32 Å². The molecule has 1 aliphatic rings. The molecule has 0 aromatic carbocycles. The van der Waals surface area contributed by atoms with Gasteiger partial charge in [-0.1, -0.05) is 6.92 Å². The van der Waals surface area contributed by atoms with Gasteiger partial charge in [0.15, 0.2) is 6.10 Å². The predicted octanol–water partition coefficient (Wildman–Crippen LogP) is -0.127. The minimum atomic E-state index is -1.40. The Balaban J connectivity index is 2.18. The summed E-state index contributed by atoms with van der Waals surface area (Å²) in [7, 11) is 0. The Hall–Kier alpha value is -1.30. The number of aliphatic hydroxyl groups excluding tert-OH is 1. The fraction of sp³-hybridized carbons (Fsp3) is 0.800. The van der Waals surface area contributed by atoms with Gasteiger partial charge < -0.3 is 20.4 Å². The second kappa shape index (κ2) is 5.69. The predicted molar refractivity (Wildman–Crippen MR) is 57.0 cm³/mol. The summed E-state index contributed by atoms with van der Waals surface area (Å²) >= 11 is 0. The number of amides is 2. The van der Waals surface area contributed by atoms with Crippen molar-refractivity contribution in [2.75, 3.05) is 19.6 Å². The van der Waals surface area contributed by atoms with Gasteiger partial charge in [-0.05, 0) is 12.3 Å². The zero-order valence-electron chi connectivity index (χ0n) is 9.35. The second-order valence-electron chi connectivity index (χ2n) is 4.21. The number of aliphatic carboxylic acids is 1. The topological polar surface area (TPSA) is 89.9 Å². The second-order valence-corrected chi connectivity index (χ2v) is 4.21. The van der Waals surface area contributed by atoms with Crippen LogP contribution in [-0.2, 0) is 4.79 Å². The van der Waals surface area contributed by atoms with Crippen molar-refractivity contribution in [1.29, 1.82) is 0 Å². The largest absolute Gasteiger partial charge is 0.479 e. The van der Waals surface area contributed by atoms with Crippen LogP contribution in [0.1, 0.15) is 19.8 Å². The average molecular weight is 230 g/mol. The van der Waals surface area contributed by atoms with Crippen LogP contribution in [0.4, 0.5) is 4.79 Å². The maximum Gasteiger partial charge on any atom is 0.332 e. The lowest BCUT2D eigenvalue weighted by atomic mass is 10.2. The highest BCUT2D eigenvalue weighted by Gasteiger charge is 2.23. The number of rotatable bonds is 4. The third-order valence-electron chi connectivity index (χ3n) is 2.69. The summed E-state index contributed by atoms with van der Waals surface area (Å²) in [4.78, 5) is 23.5. The molecule has 0 spiro atoms. The summed E-state index contributed by atoms with van der Waals surface area (Å²) in [6.07, 6.45) is -0.367. The number of hydrogen-bond donors (Lipinski definition) is 3. The molecule has 1 saturated heterocycles. The van der Waals surface area contributed by atoms with Gasteiger partial charge in [-0.15, -0.1) is 0 Å². The fourth-order valence-electron chi connectivity index (χ4n) is 1.67. The van der Waals surface area contributed by atoms with Crippen molar-refractivity contribution in [1.82, 2.24) is 10.2 Å². The van der Waals surface area contributed by atoms with Gasteiger partial charge >= 0.3 is 12.0 Å². The van der Waals surface area contributed by atoms with Crippen LogP contribution in [0, 0.1) is 5.92 Å². The fourth-order valence-corrected chi connectivity index (χ4v) is 1.67. The van der Waals surface area contributed by atoms with E-state index in [1.165, 1.54) is 0 Å². The molecule has 0 aromatic heterocycles. The van der Waals surface area contributed by atoms with Crippen LogP contribution in [0.25, 0.3) is 0 Å². The molecular formula is C10H18N2O4. The molecule has 0 saturated carbocycles. The molecular weight excluding hydrogens is 212 g/mol. The molecule has 3 N–H and O–H groups in total. The molecule has 0 aromatic rings. The van der Waals surface area contributed by atoms with Crippen molar-refractivity contribution in [2.45, 2.75) is 25.9 Å². The van der Waals surface area contributed by atoms with E-state index in [0.717, 1.165) is 19.5 Å². The lowest BCUT2D eigenvalue weighted by Gasteiger charge is -2.17. The average Bonchev–Trinajstić information content (AvgIpc) is 2.64. The summed E-state index contributed by atoms with van der Waals surface area (Å²) in [6.45, 7) is 3.75. The Morgan fingerprint density at radius 3 is 2.75 bits per heavy atom. The van der Waals surface area contributed by atoms with Gasteiger partial charge in [0.1, 0.15) is 0 Å². The maximum atomic E-state index is 11.5. The van der Waals surface area contributed by atoms with Gasteiger partial charge in [0.2, 0.25) is 0 Å². The first-order valence-electron chi connectivity index (χ1n) is 5.44. The number of carboxylic acid groups (broad SMARTS) is 1. The van der Waals surface area contributed by atoms with Crippen LogP contribution in [0.3, 0.4) is 0 Å². The number of likely N-dealkylation sites (tertiary alicyclic amines) is 1. The SMILES string of the molecule is CC1CCN(C(=O)NCC[C@H](O)C(=O)O)C1. The normalized spacial score (nSPS) is 21.9. The van der Waals surface area contributed by atoms with Gasteiger partial charge in [-0.25, -0.2) is 9.59 Å². The smallest absolute Gasteiger partial charge is 0.332 e. The number of nitrogens with zero attached hydrogens (tertiary/aromatic N) is 1. The number of hydrogen-bond acceptors (Lipinski definition) is 3. The summed E-state index contributed by atoms with van der Waals surface area (Å²) in [6, 6.07) is -0.179. The third-order valence-corrected chi connectivity index (χ3v) is 2.69. The molecule has 92 valence electrons. The molecule has 1 aliphatic heterocycles. The van der Waals surface area contributed by atoms with E-state index in [2.05, 4.69) is 12.2 Å². The summed E-state index contributed by atoms with van der Waals surface area (Å²) in [5.74, 6) is -0.737. The van der Waals surface area contributed by atoms with E-state index in [1.54, 1.807) is 4.90 Å². The highest BCUT2D eigenvalue weighted by Crippen LogP contribution is 2.14. The zero-order chi connectivity index (χ0) is 12.1. The Kier molecular flexibility index (Phi) is 4.54. The molecule has 1 fully saturated rings. The van der Waals surface area contributed by atoms with E-state index >= 15 is 0 Å². The van der Waals surface area contributed by atoms with Crippen LogP contribution in [0.15, 0.2) is 0 Å². The van der Waals surface area contributed by atoms with Crippen LogP contribution >= 0.6 is 0 Å². The Labute approximate surface area is 94.2 Å². The summed E-state index contributed by atoms with van der Waals surface area (Å²) in [5, 5.41) is 20.0. The Bertz CT molecular complexity index is 270. The van der Waals surface area contributed by atoms with E-state index in [0.29, 0.717) is 5.92 Å². The highest BCUT2D eigenvalue weighted by molar-refractivity contribution is 5.75. The zero-order valence-corrected chi connectivity index (χ0v) is 9.35. The number of urea groups is 1. The van der Waals surface area contributed by atoms with E-state index in [1.807, 2.05) is 0 Å². The Morgan fingerprint density at radius 2 is 2.25 bits per heavy atom. The minimum Gasteiger partial charge on any atom is -0.479 e. The number of carbonyl (C=O) groups is 2. The van der Waals surface area contributed by atoms with Crippen molar-refractivity contribution < 1.29 is 19.8 Å². The third kappa shape index (κ3) is 3.69. The molecule has 0 radical (unpaired) electrons. The van der Waals surface area contributed by atoms with Gasteiger partial charge in [-0.3, -0.25) is 0 Å². The maximum absolute atomic E-state index is 11.5. The molecule has 6 heteroatoms. The standard InChI is InChI=1S/C10H18N2O4/c1-7-3-5-12(6-7)10(16)11-4-2-8(13)9(14)15/h7-8,13H,2-6H2,1H3,(H,11,16)(H,14,15)/t7?,8-/m0/s1. The van der Waals surface area contributed by atoms with Crippen molar-refractivity contribution in [2.24, 2.45) is 5.92 Å². The van der Waals surface area contributed by atoms with Gasteiger partial charge in [0.05, 0.1) is 0 Å².